The molecule has 0 heterocycles. The van der Waals surface area contributed by atoms with E-state index in [4.69, 9.17) is 0 Å². The Morgan fingerprint density at radius 3 is 2.19 bits per heavy atom. The number of carbonyl (C=O) groups excluding carboxylic acids is 2. The second-order valence-corrected chi connectivity index (χ2v) is 4.43. The van der Waals surface area contributed by atoms with E-state index in [1.54, 1.807) is 27.9 Å². The Kier molecular flexibility index (Phi) is 6.03. The van der Waals surface area contributed by atoms with Crippen molar-refractivity contribution in [2.45, 2.75) is 39.3 Å². The second-order valence-electron chi connectivity index (χ2n) is 4.43. The summed E-state index contributed by atoms with van der Waals surface area (Å²) in [6.45, 7) is 4.89. The Labute approximate surface area is 96.8 Å². The molecule has 0 bridgehead atoms. The number of aliphatic hydroxyl groups excluding tert-OH is 1. The van der Waals surface area contributed by atoms with Crippen LogP contribution >= 0.6 is 0 Å². The lowest BCUT2D eigenvalue weighted by atomic mass is 9.98. The minimum Gasteiger partial charge on any atom is -0.391 e. The number of nitrogens with one attached hydrogen (secondary N) is 1. The van der Waals surface area contributed by atoms with Gasteiger partial charge < -0.3 is 15.3 Å². The molecule has 3 unspecified atom stereocenters. The van der Waals surface area contributed by atoms with Crippen LogP contribution in [-0.4, -0.2) is 48.1 Å². The number of hydrogen-bond donors (Lipinski definition) is 2. The molecule has 0 fully saturated rings. The summed E-state index contributed by atoms with van der Waals surface area (Å²) in [6, 6.07) is -0.338. The summed E-state index contributed by atoms with van der Waals surface area (Å²) in [5.41, 5.74) is 0. The van der Waals surface area contributed by atoms with Crippen LogP contribution in [0.25, 0.3) is 0 Å². The molecule has 0 aliphatic heterocycles. The minimum absolute atomic E-state index is 0.0194. The maximum atomic E-state index is 11.6. The molecule has 5 nitrogen and oxygen atoms in total. The van der Waals surface area contributed by atoms with Gasteiger partial charge in [-0.25, -0.2) is 0 Å². The average molecular weight is 230 g/mol. The molecule has 5 heteroatoms. The van der Waals surface area contributed by atoms with Crippen molar-refractivity contribution in [1.29, 1.82) is 0 Å². The van der Waals surface area contributed by atoms with Crippen LogP contribution in [0.15, 0.2) is 0 Å². The van der Waals surface area contributed by atoms with Gasteiger partial charge in [0.15, 0.2) is 0 Å². The highest BCUT2D eigenvalue weighted by Gasteiger charge is 2.22. The highest BCUT2D eigenvalue weighted by atomic mass is 16.3. The van der Waals surface area contributed by atoms with Crippen LogP contribution in [0.4, 0.5) is 0 Å². The number of rotatable bonds is 5. The summed E-state index contributed by atoms with van der Waals surface area (Å²) in [7, 11) is 3.37. The fourth-order valence-electron chi connectivity index (χ4n) is 1.52. The van der Waals surface area contributed by atoms with Crippen LogP contribution < -0.4 is 5.32 Å². The van der Waals surface area contributed by atoms with Gasteiger partial charge in [-0.1, -0.05) is 6.92 Å². The molecule has 0 aliphatic carbocycles. The van der Waals surface area contributed by atoms with Gasteiger partial charge in [0.25, 0.3) is 0 Å². The van der Waals surface area contributed by atoms with Gasteiger partial charge in [-0.05, 0) is 13.3 Å². The van der Waals surface area contributed by atoms with E-state index >= 15 is 0 Å². The van der Waals surface area contributed by atoms with Crippen LogP contribution in [0.1, 0.15) is 27.2 Å². The molecule has 2 N–H and O–H groups in total. The lowest BCUT2D eigenvalue weighted by molar-refractivity contribution is -0.133. The minimum atomic E-state index is -0.706. The second kappa shape index (κ2) is 6.48. The Bertz CT molecular complexity index is 254. The number of amides is 2. The molecule has 0 saturated heterocycles. The first kappa shape index (κ1) is 14.9. The first-order valence-electron chi connectivity index (χ1n) is 5.42. The van der Waals surface area contributed by atoms with Crippen molar-refractivity contribution in [3.05, 3.63) is 0 Å². The van der Waals surface area contributed by atoms with Gasteiger partial charge in [0.05, 0.1) is 12.1 Å². The Balaban J connectivity index is 4.17. The standard InChI is InChI=1S/C11H22N2O3/c1-7(11(16)13(4)5)6-10(15)8(2)12-9(3)14/h7-8,10,15H,6H2,1-5H3,(H,12,14). The SMILES string of the molecule is CC(=O)NC(C)C(O)CC(C)C(=O)N(C)C. The quantitative estimate of drug-likeness (QED) is 0.697. The number of hydrogen-bond acceptors (Lipinski definition) is 3. The zero-order chi connectivity index (χ0) is 12.9. The monoisotopic (exact) mass is 230 g/mol. The van der Waals surface area contributed by atoms with Crippen LogP contribution in [0.3, 0.4) is 0 Å². The van der Waals surface area contributed by atoms with Crippen LogP contribution in [0.5, 0.6) is 0 Å². The highest BCUT2D eigenvalue weighted by molar-refractivity contribution is 5.78. The third kappa shape index (κ3) is 5.11. The molecule has 3 atom stereocenters. The molecule has 0 saturated carbocycles. The Morgan fingerprint density at radius 2 is 1.81 bits per heavy atom. The van der Waals surface area contributed by atoms with Crippen molar-refractivity contribution >= 4 is 11.8 Å². The smallest absolute Gasteiger partial charge is 0.224 e. The molecule has 0 aliphatic rings. The third-order valence-corrected chi connectivity index (χ3v) is 2.47. The maximum Gasteiger partial charge on any atom is 0.224 e. The van der Waals surface area contributed by atoms with Crippen molar-refractivity contribution in [3.8, 4) is 0 Å². The van der Waals surface area contributed by atoms with Crippen LogP contribution in [-0.2, 0) is 9.59 Å². The first-order valence-corrected chi connectivity index (χ1v) is 5.42. The van der Waals surface area contributed by atoms with Crippen molar-refractivity contribution < 1.29 is 14.7 Å². The average Bonchev–Trinajstić information content (AvgIpc) is 2.14. The Morgan fingerprint density at radius 1 is 1.31 bits per heavy atom. The first-order chi connectivity index (χ1) is 7.25. The van der Waals surface area contributed by atoms with Crippen molar-refractivity contribution in [3.63, 3.8) is 0 Å². The highest BCUT2D eigenvalue weighted by Crippen LogP contribution is 2.11. The summed E-state index contributed by atoms with van der Waals surface area (Å²) in [5, 5.41) is 12.4. The molecule has 0 aromatic carbocycles. The zero-order valence-electron chi connectivity index (χ0n) is 10.7. The summed E-state index contributed by atoms with van der Waals surface area (Å²) >= 11 is 0. The molecule has 0 aromatic rings. The fourth-order valence-corrected chi connectivity index (χ4v) is 1.52. The van der Waals surface area contributed by atoms with E-state index < -0.39 is 6.10 Å². The van der Waals surface area contributed by atoms with E-state index in [0.29, 0.717) is 6.42 Å². The maximum absolute atomic E-state index is 11.6. The van der Waals surface area contributed by atoms with Gasteiger partial charge in [0.2, 0.25) is 11.8 Å². The third-order valence-electron chi connectivity index (χ3n) is 2.47. The topological polar surface area (TPSA) is 69.6 Å². The summed E-state index contributed by atoms with van der Waals surface area (Å²) in [5.74, 6) is -0.451. The lowest BCUT2D eigenvalue weighted by Crippen LogP contribution is -2.42. The summed E-state index contributed by atoms with van der Waals surface area (Å²) in [6.07, 6.45) is -0.360. The molecule has 16 heavy (non-hydrogen) atoms. The largest absolute Gasteiger partial charge is 0.391 e. The van der Waals surface area contributed by atoms with Gasteiger partial charge in [-0.15, -0.1) is 0 Å². The molecular formula is C11H22N2O3. The van der Waals surface area contributed by atoms with Gasteiger partial charge in [0.1, 0.15) is 0 Å². The van der Waals surface area contributed by atoms with E-state index in [1.807, 2.05) is 0 Å². The van der Waals surface area contributed by atoms with E-state index in [2.05, 4.69) is 5.32 Å². The number of aliphatic hydroxyl groups is 1. The molecular weight excluding hydrogens is 208 g/mol. The van der Waals surface area contributed by atoms with Crippen molar-refractivity contribution in [1.82, 2.24) is 10.2 Å². The molecule has 2 amide bonds. The predicted molar refractivity (Wildman–Crippen MR) is 61.8 cm³/mol. The van der Waals surface area contributed by atoms with E-state index in [1.165, 1.54) is 11.8 Å². The lowest BCUT2D eigenvalue weighted by Gasteiger charge is -2.23. The molecule has 0 rings (SSSR count). The van der Waals surface area contributed by atoms with E-state index in [9.17, 15) is 14.7 Å². The van der Waals surface area contributed by atoms with Crippen LogP contribution in [0, 0.1) is 5.92 Å². The zero-order valence-corrected chi connectivity index (χ0v) is 10.7. The summed E-state index contributed by atoms with van der Waals surface area (Å²) < 4.78 is 0. The molecule has 0 radical (unpaired) electrons. The fraction of sp³-hybridized carbons (Fsp3) is 0.818. The Hall–Kier alpha value is -1.10. The van der Waals surface area contributed by atoms with Gasteiger partial charge in [-0.3, -0.25) is 9.59 Å². The van der Waals surface area contributed by atoms with Crippen molar-refractivity contribution in [2.75, 3.05) is 14.1 Å². The predicted octanol–water partition coefficient (Wildman–Crippen LogP) is -0.0137. The number of nitrogens with zero attached hydrogens (tertiary/aromatic N) is 1. The van der Waals surface area contributed by atoms with Gasteiger partial charge >= 0.3 is 0 Å². The molecule has 0 aromatic heterocycles. The van der Waals surface area contributed by atoms with Crippen molar-refractivity contribution in [2.24, 2.45) is 5.92 Å². The van der Waals surface area contributed by atoms with E-state index in [0.717, 1.165) is 0 Å². The molecule has 0 spiro atoms. The normalized spacial score (nSPS) is 16.1. The molecule has 94 valence electrons. The van der Waals surface area contributed by atoms with Crippen LogP contribution in [0.2, 0.25) is 0 Å². The van der Waals surface area contributed by atoms with Gasteiger partial charge in [-0.2, -0.15) is 0 Å². The van der Waals surface area contributed by atoms with Gasteiger partial charge in [0, 0.05) is 26.9 Å². The number of carbonyl (C=O) groups is 2. The summed E-state index contributed by atoms with van der Waals surface area (Å²) in [4.78, 5) is 23.8. The van der Waals surface area contributed by atoms with E-state index in [-0.39, 0.29) is 23.8 Å².